The summed E-state index contributed by atoms with van der Waals surface area (Å²) in [6.45, 7) is 1.25. The Kier molecular flexibility index (Phi) is 4.97. The Bertz CT molecular complexity index is 600. The molecule has 0 saturated heterocycles. The van der Waals surface area contributed by atoms with Gasteiger partial charge in [-0.15, -0.1) is 0 Å². The lowest BCUT2D eigenvalue weighted by molar-refractivity contribution is 0.169. The summed E-state index contributed by atoms with van der Waals surface area (Å²) in [5.41, 5.74) is 2.07. The van der Waals surface area contributed by atoms with Crippen LogP contribution in [0.4, 0.5) is 0 Å². The molecule has 22 heavy (non-hydrogen) atoms. The van der Waals surface area contributed by atoms with Crippen LogP contribution in [0.15, 0.2) is 35.0 Å². The van der Waals surface area contributed by atoms with Gasteiger partial charge in [-0.1, -0.05) is 0 Å². The Morgan fingerprint density at radius 1 is 1.45 bits per heavy atom. The molecule has 0 aliphatic carbocycles. The van der Waals surface area contributed by atoms with Gasteiger partial charge in [0.2, 0.25) is 0 Å². The highest BCUT2D eigenvalue weighted by Gasteiger charge is 2.21. The molecule has 0 saturated carbocycles. The zero-order chi connectivity index (χ0) is 15.4. The largest absolute Gasteiger partial charge is 0.497 e. The van der Waals surface area contributed by atoms with Crippen LogP contribution >= 0.6 is 11.3 Å². The van der Waals surface area contributed by atoms with Crippen LogP contribution in [0.25, 0.3) is 0 Å². The van der Waals surface area contributed by atoms with Crippen molar-refractivity contribution in [2.45, 2.75) is 25.0 Å². The van der Waals surface area contributed by atoms with E-state index >= 15 is 0 Å². The van der Waals surface area contributed by atoms with E-state index in [2.05, 4.69) is 5.32 Å². The molecule has 4 nitrogen and oxygen atoms in total. The highest BCUT2D eigenvalue weighted by Crippen LogP contribution is 2.34. The molecular formula is C17H21NO3S. The summed E-state index contributed by atoms with van der Waals surface area (Å²) < 4.78 is 11.1. The minimum atomic E-state index is -0.482. The fourth-order valence-electron chi connectivity index (χ4n) is 2.73. The van der Waals surface area contributed by atoms with Gasteiger partial charge in [0.25, 0.3) is 0 Å². The molecule has 0 spiro atoms. The number of benzene rings is 1. The van der Waals surface area contributed by atoms with Gasteiger partial charge in [0.05, 0.1) is 19.8 Å². The van der Waals surface area contributed by atoms with E-state index in [1.807, 2.05) is 35.0 Å². The zero-order valence-corrected chi connectivity index (χ0v) is 13.4. The molecular weight excluding hydrogens is 298 g/mol. The van der Waals surface area contributed by atoms with Crippen LogP contribution < -0.4 is 14.8 Å². The Hall–Kier alpha value is -1.56. The molecule has 0 fully saturated rings. The fourth-order valence-corrected chi connectivity index (χ4v) is 3.44. The van der Waals surface area contributed by atoms with Crippen molar-refractivity contribution in [3.63, 3.8) is 0 Å². The Balaban J connectivity index is 1.73. The fraction of sp³-hybridized carbons (Fsp3) is 0.412. The van der Waals surface area contributed by atoms with Gasteiger partial charge in [0, 0.05) is 18.2 Å². The number of methoxy groups -OCH3 is 1. The van der Waals surface area contributed by atoms with E-state index < -0.39 is 6.10 Å². The Morgan fingerprint density at radius 2 is 2.36 bits per heavy atom. The maximum absolute atomic E-state index is 10.2. The van der Waals surface area contributed by atoms with E-state index in [9.17, 15) is 5.11 Å². The molecule has 2 N–H and O–H groups in total. The molecule has 1 aliphatic rings. The number of aliphatic hydroxyl groups is 1. The van der Waals surface area contributed by atoms with Crippen LogP contribution in [-0.4, -0.2) is 25.4 Å². The number of nitrogens with one attached hydrogen (secondary N) is 1. The molecule has 0 bridgehead atoms. The van der Waals surface area contributed by atoms with E-state index in [0.717, 1.165) is 42.1 Å². The van der Waals surface area contributed by atoms with Gasteiger partial charge < -0.3 is 19.9 Å². The smallest absolute Gasteiger partial charge is 0.124 e. The summed E-state index contributed by atoms with van der Waals surface area (Å²) >= 11 is 1.60. The van der Waals surface area contributed by atoms with Gasteiger partial charge in [0.15, 0.2) is 0 Å². The maximum atomic E-state index is 10.2. The third kappa shape index (κ3) is 3.43. The number of rotatable bonds is 5. The van der Waals surface area contributed by atoms with Gasteiger partial charge in [-0.05, 0) is 53.4 Å². The first kappa shape index (κ1) is 15.3. The number of ether oxygens (including phenoxy) is 2. The first-order valence-electron chi connectivity index (χ1n) is 7.52. The number of hydrogen-bond acceptors (Lipinski definition) is 5. The van der Waals surface area contributed by atoms with Crippen molar-refractivity contribution in [1.82, 2.24) is 5.32 Å². The maximum Gasteiger partial charge on any atom is 0.124 e. The SMILES string of the molecule is COc1ccc2c(c1)[C@H](NC[C@H](O)c1ccsc1)CCCO2. The molecule has 118 valence electrons. The summed E-state index contributed by atoms with van der Waals surface area (Å²) in [5, 5.41) is 17.7. The van der Waals surface area contributed by atoms with Crippen molar-refractivity contribution >= 4 is 11.3 Å². The van der Waals surface area contributed by atoms with Crippen LogP contribution in [0.2, 0.25) is 0 Å². The topological polar surface area (TPSA) is 50.7 Å². The average molecular weight is 319 g/mol. The minimum absolute atomic E-state index is 0.167. The van der Waals surface area contributed by atoms with Gasteiger partial charge in [-0.3, -0.25) is 0 Å². The van der Waals surface area contributed by atoms with E-state index in [0.29, 0.717) is 6.54 Å². The van der Waals surface area contributed by atoms with Gasteiger partial charge >= 0.3 is 0 Å². The molecule has 0 unspecified atom stereocenters. The molecule has 1 aromatic heterocycles. The number of aliphatic hydroxyl groups excluding tert-OH is 1. The first-order valence-corrected chi connectivity index (χ1v) is 8.46. The zero-order valence-electron chi connectivity index (χ0n) is 12.6. The minimum Gasteiger partial charge on any atom is -0.497 e. The molecule has 0 radical (unpaired) electrons. The number of thiophene rings is 1. The molecule has 1 aromatic carbocycles. The van der Waals surface area contributed by atoms with Crippen LogP contribution in [0.1, 0.15) is 36.1 Å². The van der Waals surface area contributed by atoms with E-state index in [1.165, 1.54) is 0 Å². The Morgan fingerprint density at radius 3 is 3.14 bits per heavy atom. The lowest BCUT2D eigenvalue weighted by Gasteiger charge is -2.21. The lowest BCUT2D eigenvalue weighted by Crippen LogP contribution is -2.26. The second-order valence-electron chi connectivity index (χ2n) is 5.43. The molecule has 1 aliphatic heterocycles. The summed E-state index contributed by atoms with van der Waals surface area (Å²) in [6.07, 6.45) is 1.49. The second kappa shape index (κ2) is 7.13. The molecule has 2 heterocycles. The summed E-state index contributed by atoms with van der Waals surface area (Å²) in [6, 6.07) is 8.03. The van der Waals surface area contributed by atoms with E-state index in [4.69, 9.17) is 9.47 Å². The first-order chi connectivity index (χ1) is 10.8. The van der Waals surface area contributed by atoms with Crippen molar-refractivity contribution in [2.24, 2.45) is 0 Å². The molecule has 0 amide bonds. The van der Waals surface area contributed by atoms with Crippen LogP contribution in [-0.2, 0) is 0 Å². The van der Waals surface area contributed by atoms with Crippen LogP contribution in [0, 0.1) is 0 Å². The normalized spacial score (nSPS) is 18.9. The summed E-state index contributed by atoms with van der Waals surface area (Å²) in [7, 11) is 1.67. The lowest BCUT2D eigenvalue weighted by atomic mass is 10.0. The highest BCUT2D eigenvalue weighted by atomic mass is 32.1. The van der Waals surface area contributed by atoms with Crippen molar-refractivity contribution in [3.8, 4) is 11.5 Å². The quantitative estimate of drug-likeness (QED) is 0.888. The van der Waals surface area contributed by atoms with Crippen LogP contribution in [0.3, 0.4) is 0 Å². The third-order valence-electron chi connectivity index (χ3n) is 3.97. The monoisotopic (exact) mass is 319 g/mol. The van der Waals surface area contributed by atoms with Crippen molar-refractivity contribution in [1.29, 1.82) is 0 Å². The van der Waals surface area contributed by atoms with Gasteiger partial charge in [0.1, 0.15) is 11.5 Å². The van der Waals surface area contributed by atoms with Crippen molar-refractivity contribution in [2.75, 3.05) is 20.3 Å². The highest BCUT2D eigenvalue weighted by molar-refractivity contribution is 7.07. The third-order valence-corrected chi connectivity index (χ3v) is 4.67. The van der Waals surface area contributed by atoms with Crippen molar-refractivity contribution in [3.05, 3.63) is 46.2 Å². The van der Waals surface area contributed by atoms with Crippen molar-refractivity contribution < 1.29 is 14.6 Å². The van der Waals surface area contributed by atoms with Crippen LogP contribution in [0.5, 0.6) is 11.5 Å². The van der Waals surface area contributed by atoms with Gasteiger partial charge in [-0.2, -0.15) is 11.3 Å². The Labute approximate surface area is 134 Å². The average Bonchev–Trinajstić information content (AvgIpc) is 3.01. The van der Waals surface area contributed by atoms with E-state index in [-0.39, 0.29) is 6.04 Å². The summed E-state index contributed by atoms with van der Waals surface area (Å²) in [5.74, 6) is 1.73. The predicted octanol–water partition coefficient (Wildman–Crippen LogP) is 3.29. The number of hydrogen-bond donors (Lipinski definition) is 2. The second-order valence-corrected chi connectivity index (χ2v) is 6.21. The molecule has 2 aromatic rings. The van der Waals surface area contributed by atoms with E-state index in [1.54, 1.807) is 18.4 Å². The molecule has 5 heteroatoms. The standard InChI is InChI=1S/C17H21NO3S/c1-20-13-4-5-17-14(9-13)15(3-2-7-21-17)18-10-16(19)12-6-8-22-11-12/h4-6,8-9,11,15-16,18-19H,2-3,7,10H2,1H3/t15-,16+/m1/s1. The molecule has 3 rings (SSSR count). The molecule has 2 atom stereocenters. The summed E-state index contributed by atoms with van der Waals surface area (Å²) in [4.78, 5) is 0. The van der Waals surface area contributed by atoms with Gasteiger partial charge in [-0.25, -0.2) is 0 Å². The predicted molar refractivity (Wildman–Crippen MR) is 87.7 cm³/mol. The number of fused-ring (bicyclic) bond motifs is 1.